The van der Waals surface area contributed by atoms with Crippen molar-refractivity contribution in [2.24, 2.45) is 5.41 Å². The molecule has 3 aromatic carbocycles. The van der Waals surface area contributed by atoms with Gasteiger partial charge in [-0.2, -0.15) is 9.97 Å². The molecule has 322 valence electrons. The number of fused-ring (bicyclic) bond motifs is 3. The summed E-state index contributed by atoms with van der Waals surface area (Å²) in [6.07, 6.45) is 6.23. The molecule has 2 aromatic heterocycles. The van der Waals surface area contributed by atoms with Gasteiger partial charge < -0.3 is 24.8 Å². The van der Waals surface area contributed by atoms with E-state index in [1.807, 2.05) is 48.5 Å². The summed E-state index contributed by atoms with van der Waals surface area (Å²) < 4.78 is 23.6. The molecule has 0 bridgehead atoms. The number of nitrogens with zero attached hydrogens (tertiary/aromatic N) is 7. The van der Waals surface area contributed by atoms with Crippen LogP contribution in [-0.2, 0) is 16.1 Å². The molecule has 6 heterocycles. The number of halogens is 2. The zero-order chi connectivity index (χ0) is 42.7. The number of piperidine rings is 1. The molecular weight excluding hydrogens is 809 g/mol. The van der Waals surface area contributed by atoms with E-state index in [1.165, 1.54) is 0 Å². The van der Waals surface area contributed by atoms with Gasteiger partial charge in [-0.05, 0) is 67.3 Å². The zero-order valence-corrected chi connectivity index (χ0v) is 35.9. The van der Waals surface area contributed by atoms with Crippen molar-refractivity contribution in [3.05, 3.63) is 82.8 Å². The van der Waals surface area contributed by atoms with E-state index in [2.05, 4.69) is 45.2 Å². The van der Waals surface area contributed by atoms with Gasteiger partial charge in [-0.15, -0.1) is 0 Å². The van der Waals surface area contributed by atoms with Crippen LogP contribution in [0.2, 0.25) is 5.02 Å². The van der Waals surface area contributed by atoms with Crippen molar-refractivity contribution in [1.29, 1.82) is 0 Å². The molecule has 1 saturated carbocycles. The van der Waals surface area contributed by atoms with Crippen LogP contribution in [0.5, 0.6) is 6.01 Å². The standard InChI is InChI=1S/C47H51ClFN9O4/c1-3-30-24-57(25-31(4-2)51-30)43-35-22-50-41(34-9-5-7-28-8-6-10-36(48)39(28)34)40(49)42(35)53-46(54-43)62-27-47(15-16-47)26-55-17-19-56(20-18-55)32-11-12-33-29(21-32)23-58(45(33)61)37-13-14-38(59)52-44(37)60/h5-12,21-22,30-31,37,51H,3-4,13-20,23-27H2,1-2H3,(H,52,59,60). The van der Waals surface area contributed by atoms with Crippen LogP contribution in [-0.4, -0.2) is 113 Å². The molecule has 4 aliphatic heterocycles. The van der Waals surface area contributed by atoms with E-state index in [9.17, 15) is 14.4 Å². The smallest absolute Gasteiger partial charge is 0.319 e. The van der Waals surface area contributed by atoms with Gasteiger partial charge in [-0.25, -0.2) is 4.39 Å². The molecule has 0 radical (unpaired) electrons. The topological polar surface area (TPSA) is 136 Å². The molecule has 3 unspecified atom stereocenters. The summed E-state index contributed by atoms with van der Waals surface area (Å²) in [5.41, 5.74) is 3.51. The predicted molar refractivity (Wildman–Crippen MR) is 237 cm³/mol. The van der Waals surface area contributed by atoms with Gasteiger partial charge in [0.1, 0.15) is 23.1 Å². The molecule has 3 atom stereocenters. The fourth-order valence-electron chi connectivity index (χ4n) is 9.86. The Morgan fingerprint density at radius 3 is 2.40 bits per heavy atom. The fourth-order valence-corrected chi connectivity index (χ4v) is 10.1. The van der Waals surface area contributed by atoms with E-state index in [-0.39, 0.29) is 53.0 Å². The summed E-state index contributed by atoms with van der Waals surface area (Å²) in [5, 5.41) is 8.85. The first-order valence-electron chi connectivity index (χ1n) is 22.0. The molecule has 3 amide bonds. The zero-order valence-electron chi connectivity index (χ0n) is 35.1. The lowest BCUT2D eigenvalue weighted by atomic mass is 10.0. The molecule has 3 saturated heterocycles. The Hall–Kier alpha value is -5.44. The van der Waals surface area contributed by atoms with Crippen LogP contribution in [0.4, 0.5) is 15.9 Å². The van der Waals surface area contributed by atoms with Crippen LogP contribution in [0.15, 0.2) is 60.8 Å². The number of carbonyl (C=O) groups excluding carboxylic acids is 3. The lowest BCUT2D eigenvalue weighted by molar-refractivity contribution is -0.136. The average molecular weight is 860 g/mol. The first kappa shape index (κ1) is 40.6. The first-order chi connectivity index (χ1) is 30.1. The molecule has 5 aromatic rings. The Kier molecular flexibility index (Phi) is 10.7. The molecule has 62 heavy (non-hydrogen) atoms. The number of pyridine rings is 1. The summed E-state index contributed by atoms with van der Waals surface area (Å²) >= 11 is 6.70. The van der Waals surface area contributed by atoms with Crippen molar-refractivity contribution in [3.8, 4) is 17.3 Å². The highest BCUT2D eigenvalue weighted by atomic mass is 35.5. The number of piperazine rings is 2. The summed E-state index contributed by atoms with van der Waals surface area (Å²) in [4.78, 5) is 60.7. The van der Waals surface area contributed by atoms with Crippen molar-refractivity contribution in [1.82, 2.24) is 35.4 Å². The van der Waals surface area contributed by atoms with E-state index < -0.39 is 17.8 Å². The van der Waals surface area contributed by atoms with Crippen LogP contribution in [0, 0.1) is 11.2 Å². The van der Waals surface area contributed by atoms with E-state index in [0.717, 1.165) is 93.5 Å². The number of rotatable bonds is 11. The Morgan fingerprint density at radius 1 is 0.919 bits per heavy atom. The van der Waals surface area contributed by atoms with Crippen molar-refractivity contribution in [2.75, 3.05) is 62.2 Å². The third kappa shape index (κ3) is 7.59. The van der Waals surface area contributed by atoms with E-state index in [1.54, 1.807) is 11.1 Å². The van der Waals surface area contributed by atoms with Gasteiger partial charge in [-0.3, -0.25) is 29.6 Å². The lowest BCUT2D eigenvalue weighted by Crippen LogP contribution is -2.56. The van der Waals surface area contributed by atoms with Gasteiger partial charge in [0.2, 0.25) is 11.8 Å². The van der Waals surface area contributed by atoms with Crippen molar-refractivity contribution in [3.63, 3.8) is 0 Å². The van der Waals surface area contributed by atoms with Crippen LogP contribution in [0.25, 0.3) is 32.9 Å². The highest BCUT2D eigenvalue weighted by Gasteiger charge is 2.46. The molecule has 15 heteroatoms. The maximum Gasteiger partial charge on any atom is 0.319 e. The molecular formula is C47H51ClFN9O4. The van der Waals surface area contributed by atoms with Crippen LogP contribution >= 0.6 is 11.6 Å². The number of amides is 3. The summed E-state index contributed by atoms with van der Waals surface area (Å²) in [7, 11) is 0. The van der Waals surface area contributed by atoms with Gasteiger partial charge in [-0.1, -0.05) is 55.8 Å². The highest BCUT2D eigenvalue weighted by Crippen LogP contribution is 2.47. The summed E-state index contributed by atoms with van der Waals surface area (Å²) in [6, 6.07) is 17.4. The number of benzene rings is 3. The van der Waals surface area contributed by atoms with E-state index >= 15 is 4.39 Å². The second kappa shape index (κ2) is 16.4. The number of hydrogen-bond donors (Lipinski definition) is 2. The minimum atomic E-state index is -0.630. The number of anilines is 2. The van der Waals surface area contributed by atoms with Gasteiger partial charge >= 0.3 is 6.01 Å². The molecule has 4 fully saturated rings. The van der Waals surface area contributed by atoms with Crippen LogP contribution in [0.3, 0.4) is 0 Å². The lowest BCUT2D eigenvalue weighted by Gasteiger charge is -2.39. The number of hydrogen-bond acceptors (Lipinski definition) is 11. The average Bonchev–Trinajstić information content (AvgIpc) is 3.98. The fraction of sp³-hybridized carbons (Fsp3) is 0.447. The summed E-state index contributed by atoms with van der Waals surface area (Å²) in [6.45, 7) is 10.9. The normalized spacial score (nSPS) is 22.7. The van der Waals surface area contributed by atoms with E-state index in [4.69, 9.17) is 31.3 Å². The predicted octanol–water partition coefficient (Wildman–Crippen LogP) is 6.35. The van der Waals surface area contributed by atoms with Crippen LogP contribution in [0.1, 0.15) is 68.3 Å². The SMILES string of the molecule is CCC1CN(c2nc(OCC3(CN4CCN(c5ccc6c(c5)CN(C5CCC(=O)NC5=O)C6=O)CC4)CC3)nc3c(F)c(-c4cccc5cccc(Cl)c45)ncc23)CC(CC)N1. The quantitative estimate of drug-likeness (QED) is 0.144. The number of aromatic nitrogens is 3. The third-order valence-electron chi connectivity index (χ3n) is 13.7. The van der Waals surface area contributed by atoms with Crippen LogP contribution < -0.4 is 25.2 Å². The Labute approximate surface area is 365 Å². The first-order valence-corrected chi connectivity index (χ1v) is 22.4. The Bertz CT molecular complexity index is 2580. The molecule has 2 N–H and O–H groups in total. The van der Waals surface area contributed by atoms with Crippen molar-refractivity contribution >= 4 is 62.5 Å². The van der Waals surface area contributed by atoms with Gasteiger partial charge in [0, 0.05) is 110 Å². The molecule has 5 aliphatic rings. The largest absolute Gasteiger partial charge is 0.463 e. The van der Waals surface area contributed by atoms with Gasteiger partial charge in [0.05, 0.1) is 12.0 Å². The Balaban J connectivity index is 0.853. The monoisotopic (exact) mass is 859 g/mol. The molecule has 0 spiro atoms. The third-order valence-corrected chi connectivity index (χ3v) is 14.0. The maximum atomic E-state index is 17.0. The number of ether oxygens (including phenoxy) is 1. The summed E-state index contributed by atoms with van der Waals surface area (Å²) in [5.74, 6) is -0.748. The van der Waals surface area contributed by atoms with Crippen molar-refractivity contribution in [2.45, 2.75) is 77.0 Å². The van der Waals surface area contributed by atoms with Gasteiger partial charge in [0.25, 0.3) is 5.91 Å². The number of carbonyl (C=O) groups is 3. The second-order valence-electron chi connectivity index (χ2n) is 17.7. The molecule has 10 rings (SSSR count). The number of nitrogens with one attached hydrogen (secondary N) is 2. The minimum Gasteiger partial charge on any atom is -0.463 e. The molecule has 1 aliphatic carbocycles. The highest BCUT2D eigenvalue weighted by molar-refractivity contribution is 6.36. The number of imide groups is 1. The molecule has 13 nitrogen and oxygen atoms in total. The van der Waals surface area contributed by atoms with E-state index in [0.29, 0.717) is 46.9 Å². The second-order valence-corrected chi connectivity index (χ2v) is 18.1. The van der Waals surface area contributed by atoms with Crippen molar-refractivity contribution < 1.29 is 23.5 Å². The Morgan fingerprint density at radius 2 is 1.68 bits per heavy atom. The minimum absolute atomic E-state index is 0.0502. The maximum absolute atomic E-state index is 17.0. The van der Waals surface area contributed by atoms with Gasteiger partial charge in [0.15, 0.2) is 5.82 Å².